The van der Waals surface area contributed by atoms with Gasteiger partial charge in [0.1, 0.15) is 0 Å². The Bertz CT molecular complexity index is 351. The van der Waals surface area contributed by atoms with Gasteiger partial charge in [-0.2, -0.15) is 13.2 Å². The van der Waals surface area contributed by atoms with Gasteiger partial charge in [-0.15, -0.1) is 0 Å². The van der Waals surface area contributed by atoms with Crippen molar-refractivity contribution in [2.24, 2.45) is 0 Å². The fourth-order valence-corrected chi connectivity index (χ4v) is 1.05. The first-order valence-corrected chi connectivity index (χ1v) is 4.18. The Morgan fingerprint density at radius 1 is 1.20 bits per heavy atom. The minimum Gasteiger partial charge on any atom is -0.291 e. The molecule has 0 saturated carbocycles. The summed E-state index contributed by atoms with van der Waals surface area (Å²) in [6.07, 6.45) is -6.15. The lowest BCUT2D eigenvalue weighted by Gasteiger charge is -2.07. The van der Waals surface area contributed by atoms with Gasteiger partial charge in [0.05, 0.1) is 5.56 Å². The number of rotatable bonds is 2. The van der Waals surface area contributed by atoms with Gasteiger partial charge in [0.2, 0.25) is 0 Å². The van der Waals surface area contributed by atoms with Crippen LogP contribution in [0.4, 0.5) is 17.6 Å². The smallest absolute Gasteiger partial charge is 0.291 e. The normalized spacial score (nSPS) is 13.7. The van der Waals surface area contributed by atoms with E-state index in [1.54, 1.807) is 0 Å². The van der Waals surface area contributed by atoms with Crippen molar-refractivity contribution in [2.75, 3.05) is 0 Å². The summed E-state index contributed by atoms with van der Waals surface area (Å²) >= 11 is 0. The summed E-state index contributed by atoms with van der Waals surface area (Å²) in [6.45, 7) is 1.04. The Kier molecular flexibility index (Phi) is 3.12. The van der Waals surface area contributed by atoms with E-state index in [-0.39, 0.29) is 5.56 Å². The third-order valence-corrected chi connectivity index (χ3v) is 1.86. The summed E-state index contributed by atoms with van der Waals surface area (Å²) in [4.78, 5) is 11.0. The number of ketones is 1. The van der Waals surface area contributed by atoms with Crippen LogP contribution in [0.2, 0.25) is 0 Å². The van der Waals surface area contributed by atoms with Crippen molar-refractivity contribution in [1.29, 1.82) is 0 Å². The summed E-state index contributed by atoms with van der Waals surface area (Å²) in [5.74, 6) is -0.816. The van der Waals surface area contributed by atoms with Gasteiger partial charge >= 0.3 is 6.18 Å². The first-order valence-electron chi connectivity index (χ1n) is 4.18. The molecule has 0 heterocycles. The van der Waals surface area contributed by atoms with Crippen LogP contribution in [0.15, 0.2) is 24.3 Å². The molecule has 15 heavy (non-hydrogen) atoms. The highest BCUT2D eigenvalue weighted by Crippen LogP contribution is 2.29. The summed E-state index contributed by atoms with van der Waals surface area (Å²) in [5, 5.41) is 0. The number of hydrogen-bond acceptors (Lipinski definition) is 1. The maximum absolute atomic E-state index is 12.5. The predicted molar refractivity (Wildman–Crippen MR) is 46.3 cm³/mol. The Labute approximate surface area is 83.7 Å². The molecule has 1 nitrogen and oxygen atoms in total. The Hall–Kier alpha value is -1.39. The summed E-state index contributed by atoms with van der Waals surface area (Å²) in [5.41, 5.74) is -0.913. The Morgan fingerprint density at radius 3 is 2.00 bits per heavy atom. The minimum absolute atomic E-state index is 0.0574. The van der Waals surface area contributed by atoms with Crippen LogP contribution < -0.4 is 0 Å². The van der Waals surface area contributed by atoms with E-state index < -0.39 is 23.7 Å². The topological polar surface area (TPSA) is 17.1 Å². The lowest BCUT2D eigenvalue weighted by Crippen LogP contribution is -2.12. The van der Waals surface area contributed by atoms with E-state index in [0.29, 0.717) is 0 Å². The summed E-state index contributed by atoms with van der Waals surface area (Å²) in [6, 6.07) is 3.47. The molecule has 0 radical (unpaired) electrons. The molecule has 1 aromatic carbocycles. The van der Waals surface area contributed by atoms with E-state index in [2.05, 4.69) is 0 Å². The molecule has 0 aliphatic carbocycles. The fourth-order valence-electron chi connectivity index (χ4n) is 1.05. The molecule has 0 fully saturated rings. The van der Waals surface area contributed by atoms with Gasteiger partial charge in [-0.25, -0.2) is 4.39 Å². The molecular formula is C10H8F4O. The molecule has 0 aromatic heterocycles. The molecule has 0 amide bonds. The zero-order chi connectivity index (χ0) is 11.6. The fraction of sp³-hybridized carbons (Fsp3) is 0.300. The quantitative estimate of drug-likeness (QED) is 0.552. The van der Waals surface area contributed by atoms with Crippen LogP contribution in [-0.4, -0.2) is 12.0 Å². The number of halogens is 4. The first kappa shape index (κ1) is 11.7. The lowest BCUT2D eigenvalue weighted by atomic mass is 10.1. The van der Waals surface area contributed by atoms with Crippen LogP contribution >= 0.6 is 0 Å². The van der Waals surface area contributed by atoms with Gasteiger partial charge in [0.15, 0.2) is 12.0 Å². The number of alkyl halides is 4. The molecular weight excluding hydrogens is 212 g/mol. The maximum atomic E-state index is 12.5. The van der Waals surface area contributed by atoms with E-state index in [1.807, 2.05) is 0 Å². The minimum atomic E-state index is -4.44. The van der Waals surface area contributed by atoms with Gasteiger partial charge in [-0.05, 0) is 19.1 Å². The SMILES string of the molecule is CC(F)C(=O)c1ccc(C(F)(F)F)cc1. The van der Waals surface area contributed by atoms with Gasteiger partial charge in [0, 0.05) is 5.56 Å². The lowest BCUT2D eigenvalue weighted by molar-refractivity contribution is -0.137. The molecule has 0 saturated heterocycles. The average molecular weight is 220 g/mol. The average Bonchev–Trinajstić information content (AvgIpc) is 2.15. The van der Waals surface area contributed by atoms with Crippen LogP contribution in [0.1, 0.15) is 22.8 Å². The largest absolute Gasteiger partial charge is 0.416 e. The number of benzene rings is 1. The number of carbonyl (C=O) groups is 1. The highest BCUT2D eigenvalue weighted by molar-refractivity contribution is 5.99. The van der Waals surface area contributed by atoms with E-state index in [9.17, 15) is 22.4 Å². The summed E-state index contributed by atoms with van der Waals surface area (Å²) < 4.78 is 48.9. The highest BCUT2D eigenvalue weighted by Gasteiger charge is 2.30. The van der Waals surface area contributed by atoms with E-state index in [0.717, 1.165) is 31.2 Å². The maximum Gasteiger partial charge on any atom is 0.416 e. The van der Waals surface area contributed by atoms with E-state index in [1.165, 1.54) is 0 Å². The molecule has 0 bridgehead atoms. The second-order valence-corrected chi connectivity index (χ2v) is 3.06. The number of Topliss-reactive ketones (excluding diaryl/α,β-unsaturated/α-hetero) is 1. The Morgan fingerprint density at radius 2 is 1.67 bits per heavy atom. The monoisotopic (exact) mass is 220 g/mol. The van der Waals surface area contributed by atoms with Crippen molar-refractivity contribution in [3.05, 3.63) is 35.4 Å². The van der Waals surface area contributed by atoms with Crippen LogP contribution in [0, 0.1) is 0 Å². The number of hydrogen-bond donors (Lipinski definition) is 0. The van der Waals surface area contributed by atoms with E-state index in [4.69, 9.17) is 0 Å². The summed E-state index contributed by atoms with van der Waals surface area (Å²) in [7, 11) is 0. The van der Waals surface area contributed by atoms with Crippen LogP contribution in [0.3, 0.4) is 0 Å². The van der Waals surface area contributed by atoms with Crippen molar-refractivity contribution < 1.29 is 22.4 Å². The standard InChI is InChI=1S/C10H8F4O/c1-6(11)9(15)7-2-4-8(5-3-7)10(12,13)14/h2-6H,1H3. The number of carbonyl (C=O) groups excluding carboxylic acids is 1. The van der Waals surface area contributed by atoms with E-state index >= 15 is 0 Å². The third-order valence-electron chi connectivity index (χ3n) is 1.86. The zero-order valence-electron chi connectivity index (χ0n) is 7.81. The first-order chi connectivity index (χ1) is 6.82. The van der Waals surface area contributed by atoms with Gasteiger partial charge in [0.25, 0.3) is 0 Å². The van der Waals surface area contributed by atoms with Crippen molar-refractivity contribution >= 4 is 5.78 Å². The highest BCUT2D eigenvalue weighted by atomic mass is 19.4. The predicted octanol–water partition coefficient (Wildman–Crippen LogP) is 3.25. The molecule has 1 unspecified atom stereocenters. The second-order valence-electron chi connectivity index (χ2n) is 3.06. The van der Waals surface area contributed by atoms with Crippen LogP contribution in [0.5, 0.6) is 0 Å². The third kappa shape index (κ3) is 2.78. The zero-order valence-corrected chi connectivity index (χ0v) is 7.81. The van der Waals surface area contributed by atoms with Gasteiger partial charge in [-0.1, -0.05) is 12.1 Å². The van der Waals surface area contributed by atoms with Crippen molar-refractivity contribution in [3.63, 3.8) is 0 Å². The molecule has 1 aromatic rings. The molecule has 0 spiro atoms. The van der Waals surface area contributed by atoms with Gasteiger partial charge < -0.3 is 0 Å². The second kappa shape index (κ2) is 4.00. The van der Waals surface area contributed by atoms with Gasteiger partial charge in [-0.3, -0.25) is 4.79 Å². The van der Waals surface area contributed by atoms with Crippen molar-refractivity contribution in [3.8, 4) is 0 Å². The molecule has 1 rings (SSSR count). The molecule has 0 N–H and O–H groups in total. The molecule has 82 valence electrons. The van der Waals surface area contributed by atoms with Crippen molar-refractivity contribution in [2.45, 2.75) is 19.3 Å². The Balaban J connectivity index is 2.96. The molecule has 5 heteroatoms. The molecule has 0 aliphatic heterocycles. The van der Waals surface area contributed by atoms with Crippen molar-refractivity contribution in [1.82, 2.24) is 0 Å². The van der Waals surface area contributed by atoms with Crippen LogP contribution in [-0.2, 0) is 6.18 Å². The molecule has 1 atom stereocenters. The van der Waals surface area contributed by atoms with Crippen LogP contribution in [0.25, 0.3) is 0 Å². The molecule has 0 aliphatic rings.